The molecule has 2 amide bonds. The van der Waals surface area contributed by atoms with Crippen LogP contribution in [0.5, 0.6) is 5.75 Å². The van der Waals surface area contributed by atoms with Gasteiger partial charge in [0.2, 0.25) is 11.8 Å². The zero-order valence-corrected chi connectivity index (χ0v) is 21.6. The zero-order valence-electron chi connectivity index (χ0n) is 20.1. The van der Waals surface area contributed by atoms with E-state index in [9.17, 15) is 9.59 Å². The van der Waals surface area contributed by atoms with Gasteiger partial charge < -0.3 is 19.5 Å². The number of para-hydroxylation sites is 1. The molecule has 2 aromatic carbocycles. The lowest BCUT2D eigenvalue weighted by molar-refractivity contribution is -0.124. The van der Waals surface area contributed by atoms with Gasteiger partial charge >= 0.3 is 0 Å². The molecule has 0 aliphatic heterocycles. The number of carbonyl (C=O) groups excluding carboxylic acids is 2. The van der Waals surface area contributed by atoms with Gasteiger partial charge in [-0.25, -0.2) is 9.97 Å². The van der Waals surface area contributed by atoms with E-state index in [1.54, 1.807) is 38.6 Å². The lowest BCUT2D eigenvalue weighted by atomic mass is 10.1. The molecule has 0 saturated carbocycles. The van der Waals surface area contributed by atoms with Crippen LogP contribution in [0.3, 0.4) is 0 Å². The Labute approximate surface area is 218 Å². The van der Waals surface area contributed by atoms with Gasteiger partial charge in [-0.05, 0) is 31.2 Å². The number of anilines is 1. The molecule has 186 valence electrons. The van der Waals surface area contributed by atoms with Crippen LogP contribution >= 0.6 is 23.2 Å². The van der Waals surface area contributed by atoms with E-state index >= 15 is 0 Å². The predicted molar refractivity (Wildman–Crippen MR) is 141 cm³/mol. The highest BCUT2D eigenvalue weighted by molar-refractivity contribution is 6.38. The number of aryl methyl sites for hydroxylation is 1. The summed E-state index contributed by atoms with van der Waals surface area (Å²) in [5, 5.41) is 4.18. The van der Waals surface area contributed by atoms with Gasteiger partial charge in [0, 0.05) is 47.5 Å². The number of aromatic nitrogens is 3. The number of pyridine rings is 1. The van der Waals surface area contributed by atoms with Crippen molar-refractivity contribution in [1.29, 1.82) is 0 Å². The van der Waals surface area contributed by atoms with Crippen LogP contribution < -0.4 is 15.0 Å². The summed E-state index contributed by atoms with van der Waals surface area (Å²) in [6, 6.07) is 11.0. The average Bonchev–Trinajstić information content (AvgIpc) is 3.41. The van der Waals surface area contributed by atoms with Crippen LogP contribution in [0.1, 0.15) is 24.6 Å². The third-order valence-corrected chi connectivity index (χ3v) is 6.50. The minimum atomic E-state index is -0.311. The molecule has 4 rings (SSSR count). The minimum absolute atomic E-state index is 0.0647. The molecule has 0 fully saturated rings. The van der Waals surface area contributed by atoms with Crippen molar-refractivity contribution in [2.24, 2.45) is 0 Å². The SMILES string of the molecule is CCC(=O)NCC(=O)N(C)c1ccc(Cl)c(COc2cccc3c(-n4ccnc4)cc(C)nc23)c1Cl. The van der Waals surface area contributed by atoms with E-state index in [2.05, 4.69) is 10.3 Å². The second-order valence-corrected chi connectivity index (χ2v) is 8.92. The number of ether oxygens (including phenoxy) is 1. The molecule has 8 nitrogen and oxygen atoms in total. The molecule has 1 N–H and O–H groups in total. The molecule has 0 atom stereocenters. The summed E-state index contributed by atoms with van der Waals surface area (Å²) >= 11 is 13.1. The van der Waals surface area contributed by atoms with Crippen molar-refractivity contribution < 1.29 is 14.3 Å². The fourth-order valence-electron chi connectivity index (χ4n) is 3.74. The van der Waals surface area contributed by atoms with Crippen molar-refractivity contribution in [1.82, 2.24) is 19.9 Å². The molecule has 0 unspecified atom stereocenters. The summed E-state index contributed by atoms with van der Waals surface area (Å²) in [5.41, 5.74) is 3.46. The lowest BCUT2D eigenvalue weighted by Gasteiger charge is -2.21. The van der Waals surface area contributed by atoms with E-state index in [1.165, 1.54) is 4.90 Å². The monoisotopic (exact) mass is 525 g/mol. The number of rotatable bonds is 8. The topological polar surface area (TPSA) is 89.4 Å². The van der Waals surface area contributed by atoms with Crippen LogP contribution in [0.2, 0.25) is 10.0 Å². The molecule has 0 saturated heterocycles. The number of halogens is 2. The van der Waals surface area contributed by atoms with Gasteiger partial charge in [-0.1, -0.05) is 42.3 Å². The highest BCUT2D eigenvalue weighted by Gasteiger charge is 2.19. The third kappa shape index (κ3) is 5.29. The van der Waals surface area contributed by atoms with Crippen molar-refractivity contribution in [2.75, 3.05) is 18.5 Å². The van der Waals surface area contributed by atoms with Crippen molar-refractivity contribution >= 4 is 51.6 Å². The van der Waals surface area contributed by atoms with Gasteiger partial charge in [0.1, 0.15) is 17.9 Å². The van der Waals surface area contributed by atoms with Gasteiger partial charge in [0.15, 0.2) is 0 Å². The molecule has 10 heteroatoms. The van der Waals surface area contributed by atoms with Crippen molar-refractivity contribution in [3.63, 3.8) is 0 Å². The first kappa shape index (κ1) is 25.5. The normalized spacial score (nSPS) is 10.9. The largest absolute Gasteiger partial charge is 0.487 e. The number of benzene rings is 2. The van der Waals surface area contributed by atoms with Gasteiger partial charge in [-0.3, -0.25) is 9.59 Å². The van der Waals surface area contributed by atoms with Crippen molar-refractivity contribution in [3.05, 3.63) is 76.4 Å². The smallest absolute Gasteiger partial charge is 0.246 e. The van der Waals surface area contributed by atoms with Gasteiger partial charge in [0.05, 0.1) is 29.3 Å². The maximum atomic E-state index is 12.6. The highest BCUT2D eigenvalue weighted by Crippen LogP contribution is 2.36. The average molecular weight is 526 g/mol. The van der Waals surface area contributed by atoms with Crippen LogP contribution in [0.25, 0.3) is 16.6 Å². The van der Waals surface area contributed by atoms with Gasteiger partial charge in [0.25, 0.3) is 0 Å². The molecule has 4 aromatic rings. The Hall–Kier alpha value is -3.62. The summed E-state index contributed by atoms with van der Waals surface area (Å²) in [6.07, 6.45) is 5.63. The van der Waals surface area contributed by atoms with E-state index in [4.69, 9.17) is 32.9 Å². The number of nitrogens with one attached hydrogen (secondary N) is 1. The standard InChI is InChI=1S/C26H25Cl2N5O3/c1-4-23(34)30-13-24(35)32(3)20-9-8-19(27)18(25(20)28)14-36-22-7-5-6-17-21(33-11-10-29-15-33)12-16(2)31-26(17)22/h5-12,15H,4,13-14H2,1-3H3,(H,30,34). The van der Waals surface area contributed by atoms with E-state index in [0.717, 1.165) is 16.8 Å². The maximum absolute atomic E-state index is 12.6. The Morgan fingerprint density at radius 1 is 1.19 bits per heavy atom. The third-order valence-electron chi connectivity index (χ3n) is 5.72. The molecule has 0 bridgehead atoms. The molecule has 0 spiro atoms. The summed E-state index contributed by atoms with van der Waals surface area (Å²) in [5.74, 6) is 0.0543. The Bertz CT molecular complexity index is 1420. The van der Waals surface area contributed by atoms with Gasteiger partial charge in [-0.2, -0.15) is 0 Å². The number of carbonyl (C=O) groups is 2. The molecule has 0 aliphatic carbocycles. The number of hydrogen-bond acceptors (Lipinski definition) is 5. The van der Waals surface area contributed by atoms with Gasteiger partial charge in [-0.15, -0.1) is 0 Å². The molecule has 0 aliphatic rings. The molecule has 2 heterocycles. The summed E-state index contributed by atoms with van der Waals surface area (Å²) in [4.78, 5) is 34.3. The van der Waals surface area contributed by atoms with E-state index in [1.807, 2.05) is 42.0 Å². The van der Waals surface area contributed by atoms with Crippen LogP contribution in [-0.4, -0.2) is 39.9 Å². The Kier molecular flexibility index (Phi) is 7.76. The van der Waals surface area contributed by atoms with E-state index < -0.39 is 0 Å². The minimum Gasteiger partial charge on any atom is -0.487 e. The molecular weight excluding hydrogens is 501 g/mol. The molecule has 36 heavy (non-hydrogen) atoms. The lowest BCUT2D eigenvalue weighted by Crippen LogP contribution is -2.38. The Morgan fingerprint density at radius 2 is 2.00 bits per heavy atom. The first-order chi connectivity index (χ1) is 17.3. The number of fused-ring (bicyclic) bond motifs is 1. The van der Waals surface area contributed by atoms with E-state index in [0.29, 0.717) is 39.0 Å². The first-order valence-electron chi connectivity index (χ1n) is 11.3. The fraction of sp³-hybridized carbons (Fsp3) is 0.231. The predicted octanol–water partition coefficient (Wildman–Crippen LogP) is 5.10. The number of nitrogens with zero attached hydrogens (tertiary/aromatic N) is 4. The highest BCUT2D eigenvalue weighted by atomic mass is 35.5. The second-order valence-electron chi connectivity index (χ2n) is 8.14. The van der Waals surface area contributed by atoms with Crippen LogP contribution in [0, 0.1) is 6.92 Å². The second kappa shape index (κ2) is 11.0. The molecule has 0 radical (unpaired) electrons. The Balaban J connectivity index is 1.61. The number of imidazole rings is 1. The Morgan fingerprint density at radius 3 is 2.72 bits per heavy atom. The summed E-state index contributed by atoms with van der Waals surface area (Å²) < 4.78 is 8.09. The van der Waals surface area contributed by atoms with Crippen LogP contribution in [0.4, 0.5) is 5.69 Å². The van der Waals surface area contributed by atoms with Crippen LogP contribution in [-0.2, 0) is 16.2 Å². The number of likely N-dealkylation sites (N-methyl/N-ethyl adjacent to an activating group) is 1. The zero-order chi connectivity index (χ0) is 25.8. The fourth-order valence-corrected chi connectivity index (χ4v) is 4.35. The molecule has 2 aromatic heterocycles. The maximum Gasteiger partial charge on any atom is 0.246 e. The molecular formula is C26H25Cl2N5O3. The van der Waals surface area contributed by atoms with Crippen LogP contribution in [0.15, 0.2) is 55.1 Å². The number of amides is 2. The van der Waals surface area contributed by atoms with Crippen molar-refractivity contribution in [2.45, 2.75) is 26.9 Å². The summed E-state index contributed by atoms with van der Waals surface area (Å²) in [7, 11) is 1.59. The summed E-state index contributed by atoms with van der Waals surface area (Å²) in [6.45, 7) is 3.57. The van der Waals surface area contributed by atoms with Crippen molar-refractivity contribution in [3.8, 4) is 11.4 Å². The quantitative estimate of drug-likeness (QED) is 0.345. The number of hydrogen-bond donors (Lipinski definition) is 1. The van der Waals surface area contributed by atoms with E-state index in [-0.39, 0.29) is 25.0 Å². The first-order valence-corrected chi connectivity index (χ1v) is 12.1.